The molecule has 0 spiro atoms. The summed E-state index contributed by atoms with van der Waals surface area (Å²) in [6.07, 6.45) is 7.78. The molecule has 1 aliphatic carbocycles. The first-order valence-electron chi connectivity index (χ1n) is 8.19. The number of hydrogen-bond donors (Lipinski definition) is 0. The fraction of sp³-hybridized carbons (Fsp3) is 0.882. The van der Waals surface area contributed by atoms with Crippen LogP contribution in [0.5, 0.6) is 0 Å². The second-order valence-electron chi connectivity index (χ2n) is 6.54. The topological polar surface area (TPSA) is 44.1 Å². The van der Waals surface area contributed by atoms with Crippen molar-refractivity contribution in [1.29, 1.82) is 5.26 Å². The van der Waals surface area contributed by atoms with Gasteiger partial charge >= 0.3 is 0 Å². The lowest BCUT2D eigenvalue weighted by Crippen LogP contribution is -2.47. The Bertz CT molecular complexity index is 352. The van der Waals surface area contributed by atoms with Crippen LogP contribution in [0.2, 0.25) is 0 Å². The molecule has 114 valence electrons. The molecule has 1 saturated carbocycles. The molecule has 0 aliphatic heterocycles. The smallest absolute Gasteiger partial charge is 0.243 e. The number of carbonyl (C=O) groups excluding carboxylic acids is 1. The zero-order chi connectivity index (χ0) is 15.2. The highest BCUT2D eigenvalue weighted by Gasteiger charge is 2.41. The Morgan fingerprint density at radius 3 is 2.35 bits per heavy atom. The van der Waals surface area contributed by atoms with Crippen molar-refractivity contribution in [1.82, 2.24) is 4.90 Å². The molecule has 3 heteroatoms. The summed E-state index contributed by atoms with van der Waals surface area (Å²) in [5.41, 5.74) is -0.793. The number of rotatable bonds is 6. The molecule has 0 N–H and O–H groups in total. The fourth-order valence-electron chi connectivity index (χ4n) is 3.61. The Morgan fingerprint density at radius 1 is 1.30 bits per heavy atom. The highest BCUT2D eigenvalue weighted by Crippen LogP contribution is 2.34. The van der Waals surface area contributed by atoms with Crippen molar-refractivity contribution in [2.24, 2.45) is 11.3 Å². The van der Waals surface area contributed by atoms with Crippen molar-refractivity contribution in [3.05, 3.63) is 0 Å². The van der Waals surface area contributed by atoms with E-state index in [0.717, 1.165) is 25.7 Å². The molecule has 3 nitrogen and oxygen atoms in total. The number of nitrogens with zero attached hydrogens (tertiary/aromatic N) is 2. The Hall–Kier alpha value is -1.04. The van der Waals surface area contributed by atoms with E-state index in [-0.39, 0.29) is 5.91 Å². The van der Waals surface area contributed by atoms with Crippen molar-refractivity contribution in [3.63, 3.8) is 0 Å². The van der Waals surface area contributed by atoms with Gasteiger partial charge in [-0.25, -0.2) is 0 Å². The molecule has 1 amide bonds. The normalized spacial score (nSPS) is 23.1. The Kier molecular flexibility index (Phi) is 6.52. The van der Waals surface area contributed by atoms with Crippen molar-refractivity contribution in [2.75, 3.05) is 7.05 Å². The first kappa shape index (κ1) is 17.0. The molecule has 0 aromatic carbocycles. The molecular weight excluding hydrogens is 248 g/mol. The van der Waals surface area contributed by atoms with Crippen LogP contribution in [-0.4, -0.2) is 23.9 Å². The van der Waals surface area contributed by atoms with Crippen LogP contribution >= 0.6 is 0 Å². The summed E-state index contributed by atoms with van der Waals surface area (Å²) < 4.78 is 0. The lowest BCUT2D eigenvalue weighted by Gasteiger charge is -2.38. The molecule has 20 heavy (non-hydrogen) atoms. The lowest BCUT2D eigenvalue weighted by molar-refractivity contribution is -0.141. The van der Waals surface area contributed by atoms with Crippen LogP contribution < -0.4 is 0 Å². The highest BCUT2D eigenvalue weighted by atomic mass is 16.2. The van der Waals surface area contributed by atoms with Crippen molar-refractivity contribution >= 4 is 5.91 Å². The third kappa shape index (κ3) is 3.75. The maximum atomic E-state index is 12.9. The predicted molar refractivity (Wildman–Crippen MR) is 82.1 cm³/mol. The maximum Gasteiger partial charge on any atom is 0.243 e. The molecule has 0 bridgehead atoms. The predicted octanol–water partition coefficient (Wildman–Crippen LogP) is 4.13. The van der Waals surface area contributed by atoms with Gasteiger partial charge in [-0.1, -0.05) is 46.5 Å². The molecule has 0 heterocycles. The van der Waals surface area contributed by atoms with Gasteiger partial charge in [-0.3, -0.25) is 4.79 Å². The van der Waals surface area contributed by atoms with Gasteiger partial charge in [0.2, 0.25) is 5.91 Å². The molecule has 2 atom stereocenters. The third-order valence-electron chi connectivity index (χ3n) is 4.75. The van der Waals surface area contributed by atoms with Crippen LogP contribution in [0.3, 0.4) is 0 Å². The van der Waals surface area contributed by atoms with Gasteiger partial charge in [0.05, 0.1) is 6.07 Å². The number of amides is 1. The van der Waals surface area contributed by atoms with Gasteiger partial charge in [-0.05, 0) is 31.6 Å². The van der Waals surface area contributed by atoms with Gasteiger partial charge in [-0.15, -0.1) is 0 Å². The van der Waals surface area contributed by atoms with Gasteiger partial charge in [0, 0.05) is 13.1 Å². The van der Waals surface area contributed by atoms with Crippen LogP contribution in [0.25, 0.3) is 0 Å². The molecular formula is C17H30N2O. The zero-order valence-corrected chi connectivity index (χ0v) is 13.6. The van der Waals surface area contributed by atoms with Crippen LogP contribution in [0.4, 0.5) is 0 Å². The van der Waals surface area contributed by atoms with Gasteiger partial charge in [0.15, 0.2) is 0 Å². The molecule has 0 radical (unpaired) electrons. The van der Waals surface area contributed by atoms with Crippen molar-refractivity contribution in [3.8, 4) is 6.07 Å². The summed E-state index contributed by atoms with van der Waals surface area (Å²) in [6.45, 7) is 6.37. The monoisotopic (exact) mass is 278 g/mol. The quantitative estimate of drug-likeness (QED) is 0.733. The minimum atomic E-state index is -0.793. The molecule has 0 aromatic rings. The summed E-state index contributed by atoms with van der Waals surface area (Å²) >= 11 is 0. The minimum Gasteiger partial charge on any atom is -0.341 e. The lowest BCUT2D eigenvalue weighted by atomic mass is 9.78. The number of nitriles is 1. The number of carbonyl (C=O) groups is 1. The maximum absolute atomic E-state index is 12.9. The summed E-state index contributed by atoms with van der Waals surface area (Å²) in [7, 11) is 1.91. The van der Waals surface area contributed by atoms with E-state index in [2.05, 4.69) is 26.8 Å². The molecule has 2 unspecified atom stereocenters. The van der Waals surface area contributed by atoms with E-state index in [9.17, 15) is 10.1 Å². The Labute approximate surface area is 124 Å². The van der Waals surface area contributed by atoms with E-state index in [1.54, 1.807) is 0 Å². The van der Waals surface area contributed by atoms with Crippen molar-refractivity contribution in [2.45, 2.75) is 78.2 Å². The first-order valence-corrected chi connectivity index (χ1v) is 8.19. The van der Waals surface area contributed by atoms with Gasteiger partial charge < -0.3 is 4.90 Å². The zero-order valence-electron chi connectivity index (χ0n) is 13.6. The largest absolute Gasteiger partial charge is 0.341 e. The van der Waals surface area contributed by atoms with Gasteiger partial charge in [0.1, 0.15) is 5.41 Å². The standard InChI is InChI=1S/C17H30N2O/c1-5-10-17(13-18,11-6-2)16(20)19(4)15-9-7-8-14(3)12-15/h14-15H,5-12H2,1-4H3. The Morgan fingerprint density at radius 2 is 1.90 bits per heavy atom. The van der Waals surface area contributed by atoms with E-state index >= 15 is 0 Å². The first-order chi connectivity index (χ1) is 9.50. The Balaban J connectivity index is 2.85. The van der Waals surface area contributed by atoms with Crippen molar-refractivity contribution < 1.29 is 4.79 Å². The summed E-state index contributed by atoms with van der Waals surface area (Å²) in [5.74, 6) is 0.751. The molecule has 1 fully saturated rings. The van der Waals surface area contributed by atoms with E-state index in [4.69, 9.17) is 0 Å². The van der Waals surface area contributed by atoms with Crippen LogP contribution in [0.15, 0.2) is 0 Å². The van der Waals surface area contributed by atoms with E-state index in [1.807, 2.05) is 11.9 Å². The summed E-state index contributed by atoms with van der Waals surface area (Å²) in [6, 6.07) is 2.68. The van der Waals surface area contributed by atoms with Gasteiger partial charge in [0.25, 0.3) is 0 Å². The molecule has 1 rings (SSSR count). The summed E-state index contributed by atoms with van der Waals surface area (Å²) in [5, 5.41) is 9.61. The highest BCUT2D eigenvalue weighted by molar-refractivity contribution is 5.85. The minimum absolute atomic E-state index is 0.0581. The van der Waals surface area contributed by atoms with E-state index in [0.29, 0.717) is 24.8 Å². The number of hydrogen-bond acceptors (Lipinski definition) is 2. The molecule has 1 aliphatic rings. The average molecular weight is 278 g/mol. The van der Waals surface area contributed by atoms with Crippen LogP contribution in [0.1, 0.15) is 72.1 Å². The van der Waals surface area contributed by atoms with Crippen LogP contribution in [0, 0.1) is 22.7 Å². The second kappa shape index (κ2) is 7.67. The average Bonchev–Trinajstić information content (AvgIpc) is 2.45. The fourth-order valence-corrected chi connectivity index (χ4v) is 3.61. The second-order valence-corrected chi connectivity index (χ2v) is 6.54. The molecule has 0 saturated heterocycles. The molecule has 0 aromatic heterocycles. The van der Waals surface area contributed by atoms with Gasteiger partial charge in [-0.2, -0.15) is 5.26 Å². The van der Waals surface area contributed by atoms with Crippen LogP contribution in [-0.2, 0) is 4.79 Å². The summed E-state index contributed by atoms with van der Waals surface area (Å²) in [4.78, 5) is 14.8. The third-order valence-corrected chi connectivity index (χ3v) is 4.75. The van der Waals surface area contributed by atoms with E-state index < -0.39 is 5.41 Å². The van der Waals surface area contributed by atoms with E-state index in [1.165, 1.54) is 12.8 Å². The SMILES string of the molecule is CCCC(C#N)(CCC)C(=O)N(C)C1CCCC(C)C1.